The topological polar surface area (TPSA) is 76.7 Å². The number of halogens is 1. The van der Waals surface area contributed by atoms with Crippen LogP contribution in [0.25, 0.3) is 0 Å². The minimum absolute atomic E-state index is 0.113. The van der Waals surface area contributed by atoms with E-state index in [1.165, 1.54) is 23.3 Å². The average molecular weight is 568 g/mol. The average Bonchev–Trinajstić information content (AvgIpc) is 3.13. The van der Waals surface area contributed by atoms with Crippen LogP contribution >= 0.6 is 39.5 Å². The summed E-state index contributed by atoms with van der Waals surface area (Å²) in [6.45, 7) is 9.26. The number of hydrogen-bond acceptors (Lipinski definition) is 6. The van der Waals surface area contributed by atoms with Gasteiger partial charge in [-0.25, -0.2) is 4.79 Å². The second kappa shape index (κ2) is 11.2. The molecule has 3 rings (SSSR count). The highest BCUT2D eigenvalue weighted by atomic mass is 79.9. The first kappa shape index (κ1) is 26.6. The molecule has 9 heteroatoms. The molecule has 1 aromatic carbocycles. The number of nitrogens with one attached hydrogen (secondary N) is 2. The third-order valence-corrected chi connectivity index (χ3v) is 7.85. The standard InChI is InChI=1S/C25H31BrN2O4S2/c1-6-11-32-18-10-8-15(26)13-17(18)21(29)27-24(33)28-22-20(23(30)31-5)16-9-7-14(25(2,3)4)12-19(16)34-22/h8,10,13-14H,6-7,9,11-12H2,1-5H3,(H2,27,28,29,33). The van der Waals surface area contributed by atoms with E-state index in [1.54, 1.807) is 12.1 Å². The van der Waals surface area contributed by atoms with Crippen LogP contribution in [0, 0.1) is 11.3 Å². The molecule has 0 radical (unpaired) electrons. The summed E-state index contributed by atoms with van der Waals surface area (Å²) in [6.07, 6.45) is 3.56. The highest BCUT2D eigenvalue weighted by Crippen LogP contribution is 2.44. The molecule has 1 aliphatic carbocycles. The molecule has 34 heavy (non-hydrogen) atoms. The fraction of sp³-hybridized carbons (Fsp3) is 0.480. The quantitative estimate of drug-likeness (QED) is 0.312. The number of ether oxygens (including phenoxy) is 2. The van der Waals surface area contributed by atoms with E-state index in [4.69, 9.17) is 21.7 Å². The van der Waals surface area contributed by atoms with E-state index in [1.807, 2.05) is 13.0 Å². The molecule has 0 bridgehead atoms. The zero-order valence-corrected chi connectivity index (χ0v) is 23.4. The largest absolute Gasteiger partial charge is 0.493 e. The number of rotatable bonds is 6. The van der Waals surface area contributed by atoms with E-state index >= 15 is 0 Å². The molecular weight excluding hydrogens is 536 g/mol. The number of thiophene rings is 1. The van der Waals surface area contributed by atoms with Crippen molar-refractivity contribution < 1.29 is 19.1 Å². The number of carbonyl (C=O) groups is 2. The van der Waals surface area contributed by atoms with Crippen molar-refractivity contribution >= 4 is 61.5 Å². The van der Waals surface area contributed by atoms with Crippen molar-refractivity contribution in [1.82, 2.24) is 5.32 Å². The Hall–Kier alpha value is -1.97. The monoisotopic (exact) mass is 566 g/mol. The van der Waals surface area contributed by atoms with Crippen LogP contribution < -0.4 is 15.4 Å². The molecule has 1 unspecified atom stereocenters. The lowest BCUT2D eigenvalue weighted by atomic mass is 9.72. The Labute approximate surface area is 218 Å². The van der Waals surface area contributed by atoms with Gasteiger partial charge >= 0.3 is 5.97 Å². The summed E-state index contributed by atoms with van der Waals surface area (Å²) in [7, 11) is 1.38. The van der Waals surface area contributed by atoms with Crippen LogP contribution in [0.2, 0.25) is 0 Å². The SMILES string of the molecule is CCCOc1ccc(Br)cc1C(=O)NC(=S)Nc1sc2c(c1C(=O)OC)CCC(C(C)(C)C)C2. The number of esters is 1. The van der Waals surface area contributed by atoms with Gasteiger partial charge in [0.15, 0.2) is 5.11 Å². The van der Waals surface area contributed by atoms with Crippen LogP contribution in [0.15, 0.2) is 22.7 Å². The van der Waals surface area contributed by atoms with E-state index in [-0.39, 0.29) is 10.5 Å². The zero-order chi connectivity index (χ0) is 25.0. The van der Waals surface area contributed by atoms with E-state index < -0.39 is 11.9 Å². The second-order valence-corrected chi connectivity index (χ2v) is 11.8. The van der Waals surface area contributed by atoms with Crippen molar-refractivity contribution in [1.29, 1.82) is 0 Å². The van der Waals surface area contributed by atoms with E-state index in [0.717, 1.165) is 35.7 Å². The molecular formula is C25H31BrN2O4S2. The fourth-order valence-corrected chi connectivity index (χ4v) is 5.99. The number of thiocarbonyl (C=S) groups is 1. The predicted octanol–water partition coefficient (Wildman–Crippen LogP) is 6.36. The van der Waals surface area contributed by atoms with Crippen molar-refractivity contribution in [3.05, 3.63) is 44.2 Å². The van der Waals surface area contributed by atoms with Gasteiger partial charge in [0.2, 0.25) is 0 Å². The molecule has 0 saturated heterocycles. The summed E-state index contributed by atoms with van der Waals surface area (Å²) in [6, 6.07) is 5.26. The van der Waals surface area contributed by atoms with E-state index in [2.05, 4.69) is 47.3 Å². The summed E-state index contributed by atoms with van der Waals surface area (Å²) in [4.78, 5) is 26.8. The molecule has 1 aromatic heterocycles. The first-order chi connectivity index (χ1) is 16.0. The lowest BCUT2D eigenvalue weighted by Gasteiger charge is -2.33. The van der Waals surface area contributed by atoms with Crippen molar-refractivity contribution in [2.45, 2.75) is 53.4 Å². The Morgan fingerprint density at radius 2 is 2.03 bits per heavy atom. The molecule has 1 atom stereocenters. The van der Waals surface area contributed by atoms with Crippen molar-refractivity contribution in [3.63, 3.8) is 0 Å². The molecule has 0 aliphatic heterocycles. The van der Waals surface area contributed by atoms with Gasteiger partial charge in [-0.1, -0.05) is 43.6 Å². The van der Waals surface area contributed by atoms with Crippen LogP contribution in [-0.2, 0) is 17.6 Å². The predicted molar refractivity (Wildman–Crippen MR) is 144 cm³/mol. The Bertz CT molecular complexity index is 1090. The van der Waals surface area contributed by atoms with Crippen LogP contribution in [0.1, 0.15) is 71.7 Å². The van der Waals surface area contributed by atoms with Gasteiger partial charge < -0.3 is 14.8 Å². The Balaban J connectivity index is 1.81. The Kier molecular flexibility index (Phi) is 8.76. The molecule has 0 spiro atoms. The number of benzene rings is 1. The number of anilines is 1. The van der Waals surface area contributed by atoms with Gasteiger partial charge in [0, 0.05) is 9.35 Å². The van der Waals surface area contributed by atoms with Gasteiger partial charge in [-0.15, -0.1) is 11.3 Å². The maximum Gasteiger partial charge on any atom is 0.341 e. The maximum atomic E-state index is 13.0. The minimum Gasteiger partial charge on any atom is -0.493 e. The number of hydrogen-bond donors (Lipinski definition) is 2. The number of amides is 1. The third-order valence-electron chi connectivity index (χ3n) is 5.98. The van der Waals surface area contributed by atoms with Gasteiger partial charge in [0.25, 0.3) is 5.91 Å². The molecule has 184 valence electrons. The maximum absolute atomic E-state index is 13.0. The van der Waals surface area contributed by atoms with Crippen LogP contribution in [0.5, 0.6) is 5.75 Å². The first-order valence-corrected chi connectivity index (χ1v) is 13.3. The second-order valence-electron chi connectivity index (χ2n) is 9.40. The lowest BCUT2D eigenvalue weighted by Crippen LogP contribution is -2.34. The molecule has 1 aliphatic rings. The highest BCUT2D eigenvalue weighted by molar-refractivity contribution is 9.10. The summed E-state index contributed by atoms with van der Waals surface area (Å²) in [5, 5.41) is 6.52. The molecule has 0 fully saturated rings. The molecule has 2 N–H and O–H groups in total. The highest BCUT2D eigenvalue weighted by Gasteiger charge is 2.34. The molecule has 1 heterocycles. The summed E-state index contributed by atoms with van der Waals surface area (Å²) < 4.78 is 11.5. The zero-order valence-electron chi connectivity index (χ0n) is 20.2. The van der Waals surface area contributed by atoms with Crippen molar-refractivity contribution in [3.8, 4) is 5.75 Å². The van der Waals surface area contributed by atoms with Crippen LogP contribution in [0.4, 0.5) is 5.00 Å². The van der Waals surface area contributed by atoms with Crippen LogP contribution in [-0.4, -0.2) is 30.7 Å². The van der Waals surface area contributed by atoms with Gasteiger partial charge in [0.1, 0.15) is 10.8 Å². The molecule has 1 amide bonds. The van der Waals surface area contributed by atoms with Gasteiger partial charge in [0.05, 0.1) is 24.8 Å². The summed E-state index contributed by atoms with van der Waals surface area (Å²) >= 11 is 10.4. The molecule has 0 saturated carbocycles. The summed E-state index contributed by atoms with van der Waals surface area (Å²) in [5.41, 5.74) is 2.10. The van der Waals surface area contributed by atoms with Crippen molar-refractivity contribution in [2.75, 3.05) is 19.0 Å². The normalized spacial score (nSPS) is 15.3. The number of fused-ring (bicyclic) bond motifs is 1. The molecule has 2 aromatic rings. The van der Waals surface area contributed by atoms with Gasteiger partial charge in [-0.2, -0.15) is 0 Å². The van der Waals surface area contributed by atoms with E-state index in [9.17, 15) is 9.59 Å². The minimum atomic E-state index is -0.398. The van der Waals surface area contributed by atoms with Gasteiger partial charge in [-0.3, -0.25) is 10.1 Å². The smallest absolute Gasteiger partial charge is 0.341 e. The molecule has 6 nitrogen and oxygen atoms in total. The Morgan fingerprint density at radius 3 is 2.68 bits per heavy atom. The Morgan fingerprint density at radius 1 is 1.29 bits per heavy atom. The number of methoxy groups -OCH3 is 1. The third kappa shape index (κ3) is 6.17. The summed E-state index contributed by atoms with van der Waals surface area (Å²) in [5.74, 6) is 0.228. The van der Waals surface area contributed by atoms with Gasteiger partial charge in [-0.05, 0) is 73.0 Å². The fourth-order valence-electron chi connectivity index (χ4n) is 4.05. The number of carbonyl (C=O) groups excluding carboxylic acids is 2. The van der Waals surface area contributed by atoms with Crippen LogP contribution in [0.3, 0.4) is 0 Å². The first-order valence-electron chi connectivity index (χ1n) is 11.3. The van der Waals surface area contributed by atoms with Crippen molar-refractivity contribution in [2.24, 2.45) is 11.3 Å². The van der Waals surface area contributed by atoms with E-state index in [0.29, 0.717) is 34.4 Å². The lowest BCUT2D eigenvalue weighted by molar-refractivity contribution is 0.0600.